The molecule has 1 aromatic carbocycles. The minimum absolute atomic E-state index is 0.488. The van der Waals surface area contributed by atoms with Crippen LogP contribution in [0.1, 0.15) is 5.82 Å². The topological polar surface area (TPSA) is 70.3 Å². The number of nitrogens with zero attached hydrogens (tertiary/aromatic N) is 2. The van der Waals surface area contributed by atoms with Gasteiger partial charge in [0.25, 0.3) is 0 Å². The maximum atomic E-state index is 5.78. The molecule has 0 bridgehead atoms. The van der Waals surface area contributed by atoms with Crippen molar-refractivity contribution in [2.24, 2.45) is 0 Å². The molecule has 5 heteroatoms. The van der Waals surface area contributed by atoms with Gasteiger partial charge >= 0.3 is 0 Å². The molecule has 0 atom stereocenters. The lowest BCUT2D eigenvalue weighted by molar-refractivity contribution is 0.414. The Morgan fingerprint density at radius 1 is 1.24 bits per heavy atom. The van der Waals surface area contributed by atoms with Gasteiger partial charge in [-0.1, -0.05) is 0 Å². The second-order valence-corrected chi connectivity index (χ2v) is 3.45. The highest BCUT2D eigenvalue weighted by Gasteiger charge is 2.03. The van der Waals surface area contributed by atoms with Gasteiger partial charge in [0.15, 0.2) is 0 Å². The number of methoxy groups -OCH3 is 1. The van der Waals surface area contributed by atoms with Crippen molar-refractivity contribution in [2.75, 3.05) is 12.8 Å². The largest absolute Gasteiger partial charge is 0.495 e. The lowest BCUT2D eigenvalue weighted by Crippen LogP contribution is -1.95. The van der Waals surface area contributed by atoms with Gasteiger partial charge in [-0.2, -0.15) is 4.98 Å². The molecule has 5 nitrogen and oxygen atoms in total. The predicted octanol–water partition coefficient (Wildman–Crippen LogP) is 2.17. The molecule has 0 aliphatic carbocycles. The van der Waals surface area contributed by atoms with Gasteiger partial charge in [-0.25, -0.2) is 4.98 Å². The molecule has 0 spiro atoms. The average molecular weight is 231 g/mol. The van der Waals surface area contributed by atoms with Crippen LogP contribution in [0.15, 0.2) is 30.5 Å². The number of nitrogen functional groups attached to an aromatic ring is 1. The molecule has 0 aliphatic heterocycles. The van der Waals surface area contributed by atoms with Crippen LogP contribution in [0, 0.1) is 6.92 Å². The third-order valence-electron chi connectivity index (χ3n) is 2.17. The summed E-state index contributed by atoms with van der Waals surface area (Å²) in [7, 11) is 1.57. The summed E-state index contributed by atoms with van der Waals surface area (Å²) in [4.78, 5) is 8.13. The summed E-state index contributed by atoms with van der Waals surface area (Å²) >= 11 is 0. The summed E-state index contributed by atoms with van der Waals surface area (Å²) < 4.78 is 10.6. The molecule has 2 aromatic rings. The van der Waals surface area contributed by atoms with E-state index in [1.54, 1.807) is 44.5 Å². The summed E-state index contributed by atoms with van der Waals surface area (Å²) in [6, 6.07) is 6.90. The maximum Gasteiger partial charge on any atom is 0.222 e. The van der Waals surface area contributed by atoms with E-state index < -0.39 is 0 Å². The minimum atomic E-state index is 0.488. The van der Waals surface area contributed by atoms with Crippen molar-refractivity contribution >= 4 is 5.69 Å². The Morgan fingerprint density at radius 3 is 2.71 bits per heavy atom. The molecule has 0 aliphatic rings. The standard InChI is InChI=1S/C12H13N3O2/c1-8-14-6-5-12(15-8)17-9-3-4-11(16-2)10(13)7-9/h3-7H,13H2,1-2H3. The van der Waals surface area contributed by atoms with Crippen LogP contribution in [0.4, 0.5) is 5.69 Å². The van der Waals surface area contributed by atoms with Crippen LogP contribution < -0.4 is 15.2 Å². The zero-order valence-corrected chi connectivity index (χ0v) is 9.68. The van der Waals surface area contributed by atoms with Gasteiger partial charge in [0, 0.05) is 18.3 Å². The smallest absolute Gasteiger partial charge is 0.222 e. The van der Waals surface area contributed by atoms with Crippen molar-refractivity contribution in [2.45, 2.75) is 6.92 Å². The van der Waals surface area contributed by atoms with Crippen LogP contribution in [0.2, 0.25) is 0 Å². The van der Waals surface area contributed by atoms with Gasteiger partial charge in [-0.05, 0) is 19.1 Å². The van der Waals surface area contributed by atoms with E-state index in [1.807, 2.05) is 0 Å². The van der Waals surface area contributed by atoms with E-state index in [0.29, 0.717) is 28.9 Å². The lowest BCUT2D eigenvalue weighted by atomic mass is 10.3. The quantitative estimate of drug-likeness (QED) is 0.820. The molecular formula is C12H13N3O2. The Morgan fingerprint density at radius 2 is 2.06 bits per heavy atom. The number of benzene rings is 1. The van der Waals surface area contributed by atoms with Crippen LogP contribution in [-0.2, 0) is 0 Å². The number of aromatic nitrogens is 2. The molecule has 88 valence electrons. The second kappa shape index (κ2) is 4.69. The van der Waals surface area contributed by atoms with E-state index in [0.717, 1.165) is 0 Å². The Hall–Kier alpha value is -2.30. The van der Waals surface area contributed by atoms with Gasteiger partial charge in [-0.3, -0.25) is 0 Å². The number of hydrogen-bond donors (Lipinski definition) is 1. The number of ether oxygens (including phenoxy) is 2. The molecule has 2 N–H and O–H groups in total. The average Bonchev–Trinajstić information content (AvgIpc) is 2.29. The highest BCUT2D eigenvalue weighted by atomic mass is 16.5. The van der Waals surface area contributed by atoms with Crippen molar-refractivity contribution in [1.82, 2.24) is 9.97 Å². The molecule has 1 heterocycles. The third kappa shape index (κ3) is 2.63. The summed E-state index contributed by atoms with van der Waals surface area (Å²) in [5, 5.41) is 0. The highest BCUT2D eigenvalue weighted by molar-refractivity contribution is 5.56. The molecule has 0 fully saturated rings. The van der Waals surface area contributed by atoms with Gasteiger partial charge in [0.05, 0.1) is 12.8 Å². The van der Waals surface area contributed by atoms with Crippen LogP contribution in [0.5, 0.6) is 17.4 Å². The molecular weight excluding hydrogens is 218 g/mol. The van der Waals surface area contributed by atoms with Crippen LogP contribution in [0.3, 0.4) is 0 Å². The summed E-state index contributed by atoms with van der Waals surface area (Å²) in [6.07, 6.45) is 1.64. The van der Waals surface area contributed by atoms with E-state index in [9.17, 15) is 0 Å². The fourth-order valence-corrected chi connectivity index (χ4v) is 1.39. The first-order valence-electron chi connectivity index (χ1n) is 5.10. The van der Waals surface area contributed by atoms with E-state index in [2.05, 4.69) is 9.97 Å². The number of aryl methyl sites for hydroxylation is 1. The van der Waals surface area contributed by atoms with E-state index in [1.165, 1.54) is 0 Å². The zero-order valence-electron chi connectivity index (χ0n) is 9.68. The molecule has 2 rings (SSSR count). The van der Waals surface area contributed by atoms with Gasteiger partial charge < -0.3 is 15.2 Å². The van der Waals surface area contributed by atoms with Crippen molar-refractivity contribution < 1.29 is 9.47 Å². The Bertz CT molecular complexity index is 529. The highest BCUT2D eigenvalue weighted by Crippen LogP contribution is 2.28. The number of nitrogens with two attached hydrogens (primary N) is 1. The Kier molecular flexibility index (Phi) is 3.09. The molecule has 17 heavy (non-hydrogen) atoms. The lowest BCUT2D eigenvalue weighted by Gasteiger charge is -2.08. The van der Waals surface area contributed by atoms with Gasteiger partial charge in [0.1, 0.15) is 17.3 Å². The van der Waals surface area contributed by atoms with Gasteiger partial charge in [0.2, 0.25) is 5.88 Å². The Labute approximate surface area is 99.2 Å². The number of hydrogen-bond acceptors (Lipinski definition) is 5. The summed E-state index contributed by atoms with van der Waals surface area (Å²) in [5.41, 5.74) is 6.30. The Balaban J connectivity index is 2.22. The molecule has 0 unspecified atom stereocenters. The minimum Gasteiger partial charge on any atom is -0.495 e. The fraction of sp³-hybridized carbons (Fsp3) is 0.167. The predicted molar refractivity (Wildman–Crippen MR) is 64.2 cm³/mol. The SMILES string of the molecule is COc1ccc(Oc2ccnc(C)n2)cc1N. The van der Waals surface area contributed by atoms with E-state index in [4.69, 9.17) is 15.2 Å². The summed E-state index contributed by atoms with van der Waals surface area (Å²) in [5.74, 6) is 2.38. The van der Waals surface area contributed by atoms with Crippen LogP contribution in [-0.4, -0.2) is 17.1 Å². The van der Waals surface area contributed by atoms with E-state index in [-0.39, 0.29) is 0 Å². The number of anilines is 1. The molecule has 0 saturated heterocycles. The normalized spacial score (nSPS) is 10.0. The maximum absolute atomic E-state index is 5.78. The first kappa shape index (κ1) is 11.2. The first-order chi connectivity index (χ1) is 8.19. The van der Waals surface area contributed by atoms with Crippen molar-refractivity contribution in [1.29, 1.82) is 0 Å². The number of rotatable bonds is 3. The van der Waals surface area contributed by atoms with Gasteiger partial charge in [-0.15, -0.1) is 0 Å². The van der Waals surface area contributed by atoms with Crippen molar-refractivity contribution in [3.8, 4) is 17.4 Å². The van der Waals surface area contributed by atoms with Crippen LogP contribution >= 0.6 is 0 Å². The van der Waals surface area contributed by atoms with E-state index >= 15 is 0 Å². The first-order valence-corrected chi connectivity index (χ1v) is 5.10. The molecule has 0 saturated carbocycles. The monoisotopic (exact) mass is 231 g/mol. The van der Waals surface area contributed by atoms with Crippen molar-refractivity contribution in [3.63, 3.8) is 0 Å². The second-order valence-electron chi connectivity index (χ2n) is 3.45. The fourth-order valence-electron chi connectivity index (χ4n) is 1.39. The summed E-state index contributed by atoms with van der Waals surface area (Å²) in [6.45, 7) is 1.80. The zero-order chi connectivity index (χ0) is 12.3. The molecule has 0 amide bonds. The van der Waals surface area contributed by atoms with Crippen molar-refractivity contribution in [3.05, 3.63) is 36.3 Å². The molecule has 0 radical (unpaired) electrons. The molecule has 1 aromatic heterocycles. The third-order valence-corrected chi connectivity index (χ3v) is 2.17. The van der Waals surface area contributed by atoms with Crippen LogP contribution in [0.25, 0.3) is 0 Å².